The van der Waals surface area contributed by atoms with Crippen LogP contribution in [0.5, 0.6) is 0 Å². The van der Waals surface area contributed by atoms with Crippen LogP contribution in [-0.4, -0.2) is 22.9 Å². The molecule has 1 saturated heterocycles. The van der Waals surface area contributed by atoms with Crippen molar-refractivity contribution in [3.05, 3.63) is 39.9 Å². The van der Waals surface area contributed by atoms with E-state index in [1.165, 1.54) is 12.1 Å². The Labute approximate surface area is 106 Å². The van der Waals surface area contributed by atoms with Crippen LogP contribution in [0.25, 0.3) is 0 Å². The Morgan fingerprint density at radius 1 is 1.33 bits per heavy atom. The molecule has 94 valence electrons. The van der Waals surface area contributed by atoms with Crippen LogP contribution in [0, 0.1) is 27.4 Å². The van der Waals surface area contributed by atoms with Gasteiger partial charge in [-0.05, 0) is 31.5 Å². The second-order valence-electron chi connectivity index (χ2n) is 4.60. The Bertz CT molecular complexity index is 456. The standard InChI is InChI=1S/C13H15N3O2/c14-9-11-5-7-15(8-6-11)10-12-1-3-13(4-2-12)16(17)18/h1-4,11H,5-8,10H2. The van der Waals surface area contributed by atoms with Gasteiger partial charge in [-0.25, -0.2) is 0 Å². The first-order valence-electron chi connectivity index (χ1n) is 6.04. The number of nitrogens with zero attached hydrogens (tertiary/aromatic N) is 3. The van der Waals surface area contributed by atoms with E-state index in [0.717, 1.165) is 38.0 Å². The van der Waals surface area contributed by atoms with Crippen LogP contribution in [-0.2, 0) is 6.54 Å². The van der Waals surface area contributed by atoms with E-state index >= 15 is 0 Å². The zero-order valence-corrected chi connectivity index (χ0v) is 10.1. The molecular weight excluding hydrogens is 230 g/mol. The average Bonchev–Trinajstić information content (AvgIpc) is 2.40. The van der Waals surface area contributed by atoms with Gasteiger partial charge < -0.3 is 0 Å². The largest absolute Gasteiger partial charge is 0.299 e. The Hall–Kier alpha value is -1.93. The van der Waals surface area contributed by atoms with Gasteiger partial charge in [-0.1, -0.05) is 12.1 Å². The molecular formula is C13H15N3O2. The molecule has 0 aliphatic carbocycles. The fourth-order valence-electron chi connectivity index (χ4n) is 2.20. The first kappa shape index (κ1) is 12.5. The van der Waals surface area contributed by atoms with Gasteiger partial charge in [0, 0.05) is 24.6 Å². The SMILES string of the molecule is N#CC1CCN(Cc2ccc([N+](=O)[O-])cc2)CC1. The zero-order valence-electron chi connectivity index (χ0n) is 10.1. The number of rotatable bonds is 3. The third-order valence-electron chi connectivity index (χ3n) is 3.32. The summed E-state index contributed by atoms with van der Waals surface area (Å²) in [7, 11) is 0. The lowest BCUT2D eigenvalue weighted by Gasteiger charge is -2.28. The lowest BCUT2D eigenvalue weighted by atomic mass is 9.98. The van der Waals surface area contributed by atoms with Gasteiger partial charge in [0.25, 0.3) is 5.69 Å². The highest BCUT2D eigenvalue weighted by Crippen LogP contribution is 2.19. The van der Waals surface area contributed by atoms with Gasteiger partial charge in [0.05, 0.1) is 11.0 Å². The summed E-state index contributed by atoms with van der Waals surface area (Å²) in [6.45, 7) is 2.65. The first-order valence-corrected chi connectivity index (χ1v) is 6.04. The summed E-state index contributed by atoms with van der Waals surface area (Å²) < 4.78 is 0. The van der Waals surface area contributed by atoms with Crippen molar-refractivity contribution < 1.29 is 4.92 Å². The number of piperidine rings is 1. The lowest BCUT2D eigenvalue weighted by molar-refractivity contribution is -0.384. The van der Waals surface area contributed by atoms with Crippen molar-refractivity contribution in [3.8, 4) is 6.07 Å². The molecule has 1 aliphatic rings. The number of nitro benzene ring substituents is 1. The predicted octanol–water partition coefficient (Wildman–Crippen LogP) is 2.33. The zero-order chi connectivity index (χ0) is 13.0. The lowest BCUT2D eigenvalue weighted by Crippen LogP contribution is -2.32. The highest BCUT2D eigenvalue weighted by Gasteiger charge is 2.18. The minimum atomic E-state index is -0.387. The second kappa shape index (κ2) is 5.61. The van der Waals surface area contributed by atoms with Gasteiger partial charge in [-0.15, -0.1) is 0 Å². The molecule has 18 heavy (non-hydrogen) atoms. The Balaban J connectivity index is 1.90. The van der Waals surface area contributed by atoms with Crippen LogP contribution in [0.4, 0.5) is 5.69 Å². The molecule has 1 aromatic rings. The number of likely N-dealkylation sites (tertiary alicyclic amines) is 1. The Kier molecular flexibility index (Phi) is 3.90. The summed E-state index contributed by atoms with van der Waals surface area (Å²) in [6, 6.07) is 8.98. The highest BCUT2D eigenvalue weighted by molar-refractivity contribution is 5.32. The van der Waals surface area contributed by atoms with Crippen LogP contribution < -0.4 is 0 Å². The quantitative estimate of drug-likeness (QED) is 0.605. The second-order valence-corrected chi connectivity index (χ2v) is 4.60. The molecule has 0 bridgehead atoms. The molecule has 0 unspecified atom stereocenters. The maximum atomic E-state index is 10.5. The van der Waals surface area contributed by atoms with Crippen LogP contribution in [0.15, 0.2) is 24.3 Å². The molecule has 0 aromatic heterocycles. The van der Waals surface area contributed by atoms with Crippen molar-refractivity contribution in [1.82, 2.24) is 4.90 Å². The van der Waals surface area contributed by atoms with E-state index in [1.54, 1.807) is 12.1 Å². The van der Waals surface area contributed by atoms with Crippen LogP contribution in [0.3, 0.4) is 0 Å². The van der Waals surface area contributed by atoms with Gasteiger partial charge in [0.15, 0.2) is 0 Å². The number of benzene rings is 1. The molecule has 2 rings (SSSR count). The monoisotopic (exact) mass is 245 g/mol. The number of nitriles is 1. The molecule has 1 heterocycles. The fraction of sp³-hybridized carbons (Fsp3) is 0.462. The van der Waals surface area contributed by atoms with Crippen molar-refractivity contribution in [2.75, 3.05) is 13.1 Å². The third-order valence-corrected chi connectivity index (χ3v) is 3.32. The van der Waals surface area contributed by atoms with Gasteiger partial charge in [0.1, 0.15) is 0 Å². The molecule has 0 N–H and O–H groups in total. The smallest absolute Gasteiger partial charge is 0.269 e. The van der Waals surface area contributed by atoms with E-state index < -0.39 is 0 Å². The minimum Gasteiger partial charge on any atom is -0.299 e. The molecule has 0 saturated carbocycles. The summed E-state index contributed by atoms with van der Waals surface area (Å²) in [5.74, 6) is 0.193. The fourth-order valence-corrected chi connectivity index (χ4v) is 2.20. The van der Waals surface area contributed by atoms with Crippen molar-refractivity contribution in [1.29, 1.82) is 5.26 Å². The highest BCUT2D eigenvalue weighted by atomic mass is 16.6. The van der Waals surface area contributed by atoms with Gasteiger partial charge in [-0.3, -0.25) is 15.0 Å². The third kappa shape index (κ3) is 3.05. The summed E-state index contributed by atoms with van der Waals surface area (Å²) >= 11 is 0. The molecule has 1 fully saturated rings. The number of hydrogen-bond donors (Lipinski definition) is 0. The van der Waals surface area contributed by atoms with E-state index in [2.05, 4.69) is 11.0 Å². The summed E-state index contributed by atoms with van der Waals surface area (Å²) in [4.78, 5) is 12.4. The van der Waals surface area contributed by atoms with E-state index in [-0.39, 0.29) is 16.5 Å². The Morgan fingerprint density at radius 3 is 2.44 bits per heavy atom. The minimum absolute atomic E-state index is 0.127. The molecule has 0 atom stereocenters. The van der Waals surface area contributed by atoms with E-state index in [1.807, 2.05) is 0 Å². The molecule has 0 amide bonds. The van der Waals surface area contributed by atoms with Crippen LogP contribution >= 0.6 is 0 Å². The summed E-state index contributed by atoms with van der Waals surface area (Å²) in [5.41, 5.74) is 1.21. The van der Waals surface area contributed by atoms with E-state index in [0.29, 0.717) is 0 Å². The van der Waals surface area contributed by atoms with Crippen LogP contribution in [0.1, 0.15) is 18.4 Å². The maximum Gasteiger partial charge on any atom is 0.269 e. The molecule has 5 nitrogen and oxygen atoms in total. The molecule has 0 radical (unpaired) electrons. The summed E-state index contributed by atoms with van der Waals surface area (Å²) in [5, 5.41) is 19.4. The Morgan fingerprint density at radius 2 is 1.94 bits per heavy atom. The summed E-state index contributed by atoms with van der Waals surface area (Å²) in [6.07, 6.45) is 1.84. The van der Waals surface area contributed by atoms with Crippen molar-refractivity contribution in [3.63, 3.8) is 0 Å². The number of hydrogen-bond acceptors (Lipinski definition) is 4. The van der Waals surface area contributed by atoms with E-state index in [9.17, 15) is 10.1 Å². The molecule has 5 heteroatoms. The first-order chi connectivity index (χ1) is 8.69. The average molecular weight is 245 g/mol. The molecule has 1 aliphatic heterocycles. The van der Waals surface area contributed by atoms with Gasteiger partial charge >= 0.3 is 0 Å². The van der Waals surface area contributed by atoms with Gasteiger partial charge in [-0.2, -0.15) is 5.26 Å². The molecule has 1 aromatic carbocycles. The van der Waals surface area contributed by atoms with Crippen molar-refractivity contribution in [2.45, 2.75) is 19.4 Å². The maximum absolute atomic E-state index is 10.5. The number of non-ortho nitro benzene ring substituents is 1. The van der Waals surface area contributed by atoms with Crippen LogP contribution in [0.2, 0.25) is 0 Å². The van der Waals surface area contributed by atoms with Crippen molar-refractivity contribution in [2.24, 2.45) is 5.92 Å². The predicted molar refractivity (Wildman–Crippen MR) is 66.7 cm³/mol. The molecule has 0 spiro atoms. The van der Waals surface area contributed by atoms with E-state index in [4.69, 9.17) is 5.26 Å². The normalized spacial score (nSPS) is 17.3. The van der Waals surface area contributed by atoms with Gasteiger partial charge in [0.2, 0.25) is 0 Å². The number of nitro groups is 1. The topological polar surface area (TPSA) is 70.2 Å². The van der Waals surface area contributed by atoms with Crippen molar-refractivity contribution >= 4 is 5.69 Å².